The summed E-state index contributed by atoms with van der Waals surface area (Å²) in [5.74, 6) is 0.825. The first-order valence-electron chi connectivity index (χ1n) is 9.09. The smallest absolute Gasteiger partial charge is 0.227 e. The largest absolute Gasteiger partial charge is 0.455 e. The highest BCUT2D eigenvalue weighted by Gasteiger charge is 2.36. The summed E-state index contributed by atoms with van der Waals surface area (Å²) in [6.07, 6.45) is 0.216. The van der Waals surface area contributed by atoms with E-state index >= 15 is 0 Å². The third kappa shape index (κ3) is 4.86. The quantitative estimate of drug-likeness (QED) is 0.817. The summed E-state index contributed by atoms with van der Waals surface area (Å²) in [6, 6.07) is 16.9. The predicted molar refractivity (Wildman–Crippen MR) is 105 cm³/mol. The van der Waals surface area contributed by atoms with Gasteiger partial charge in [0.2, 0.25) is 11.8 Å². The van der Waals surface area contributed by atoms with E-state index in [9.17, 15) is 9.59 Å². The maximum atomic E-state index is 12.6. The third-order valence-electron chi connectivity index (χ3n) is 4.48. The van der Waals surface area contributed by atoms with Crippen molar-refractivity contribution in [3.8, 4) is 11.5 Å². The van der Waals surface area contributed by atoms with Gasteiger partial charge in [-0.25, -0.2) is 0 Å². The first-order valence-corrected chi connectivity index (χ1v) is 9.09. The molecule has 6 heteroatoms. The Labute approximate surface area is 159 Å². The molecule has 0 aromatic heterocycles. The van der Waals surface area contributed by atoms with E-state index in [1.807, 2.05) is 73.6 Å². The lowest BCUT2D eigenvalue weighted by atomic mass is 10.1. The lowest BCUT2D eigenvalue weighted by molar-refractivity contribution is -0.126. The zero-order valence-corrected chi connectivity index (χ0v) is 15.7. The summed E-state index contributed by atoms with van der Waals surface area (Å²) in [5, 5.41) is 2.91. The normalized spacial score (nSPS) is 16.6. The van der Waals surface area contributed by atoms with Gasteiger partial charge >= 0.3 is 0 Å². The van der Waals surface area contributed by atoms with Crippen molar-refractivity contribution in [3.63, 3.8) is 0 Å². The molecule has 1 fully saturated rings. The molecule has 142 valence electrons. The third-order valence-corrected chi connectivity index (χ3v) is 4.48. The van der Waals surface area contributed by atoms with Crippen LogP contribution in [-0.2, 0) is 9.59 Å². The zero-order chi connectivity index (χ0) is 19.2. The van der Waals surface area contributed by atoms with Crippen molar-refractivity contribution in [2.45, 2.75) is 6.42 Å². The van der Waals surface area contributed by atoms with E-state index < -0.39 is 0 Å². The molecular weight excluding hydrogens is 342 g/mol. The van der Waals surface area contributed by atoms with E-state index in [1.165, 1.54) is 0 Å². The lowest BCUT2D eigenvalue weighted by Crippen LogP contribution is -2.36. The van der Waals surface area contributed by atoms with E-state index in [4.69, 9.17) is 4.74 Å². The minimum Gasteiger partial charge on any atom is -0.455 e. The molecule has 1 heterocycles. The highest BCUT2D eigenvalue weighted by atomic mass is 16.5. The van der Waals surface area contributed by atoms with E-state index in [2.05, 4.69) is 5.32 Å². The van der Waals surface area contributed by atoms with E-state index in [0.717, 1.165) is 6.54 Å². The second-order valence-electron chi connectivity index (χ2n) is 6.88. The summed E-state index contributed by atoms with van der Waals surface area (Å²) >= 11 is 0. The summed E-state index contributed by atoms with van der Waals surface area (Å²) in [5.41, 5.74) is 0.690. The molecule has 2 aromatic rings. The number of hydrogen-bond acceptors (Lipinski definition) is 4. The lowest BCUT2D eigenvalue weighted by Gasteiger charge is -2.20. The Hall–Kier alpha value is -2.86. The molecule has 1 aliphatic heterocycles. The second kappa shape index (κ2) is 8.68. The number of carbonyl (C=O) groups is 2. The average Bonchev–Trinajstić information content (AvgIpc) is 3.04. The number of ether oxygens (including phenoxy) is 1. The second-order valence-corrected chi connectivity index (χ2v) is 6.88. The van der Waals surface area contributed by atoms with Crippen LogP contribution in [0, 0.1) is 5.92 Å². The van der Waals surface area contributed by atoms with Crippen LogP contribution in [0.5, 0.6) is 11.5 Å². The maximum absolute atomic E-state index is 12.6. The summed E-state index contributed by atoms with van der Waals surface area (Å²) in [6.45, 7) is 1.70. The molecule has 2 aromatic carbocycles. The number of amides is 2. The Kier molecular flexibility index (Phi) is 6.08. The van der Waals surface area contributed by atoms with Crippen LogP contribution in [0.25, 0.3) is 0 Å². The molecule has 27 heavy (non-hydrogen) atoms. The van der Waals surface area contributed by atoms with E-state index in [0.29, 0.717) is 30.3 Å². The Bertz CT molecular complexity index is 792. The van der Waals surface area contributed by atoms with Crippen molar-refractivity contribution in [2.75, 3.05) is 38.6 Å². The average molecular weight is 367 g/mol. The Balaban J connectivity index is 1.70. The molecule has 2 amide bonds. The van der Waals surface area contributed by atoms with Crippen LogP contribution in [-0.4, -0.2) is 50.4 Å². The summed E-state index contributed by atoms with van der Waals surface area (Å²) in [7, 11) is 3.91. The van der Waals surface area contributed by atoms with Crippen LogP contribution in [0.15, 0.2) is 54.6 Å². The van der Waals surface area contributed by atoms with Gasteiger partial charge in [-0.1, -0.05) is 30.3 Å². The molecule has 3 rings (SSSR count). The van der Waals surface area contributed by atoms with Crippen molar-refractivity contribution < 1.29 is 14.3 Å². The molecule has 1 N–H and O–H groups in total. The van der Waals surface area contributed by atoms with Gasteiger partial charge in [-0.2, -0.15) is 0 Å². The van der Waals surface area contributed by atoms with Gasteiger partial charge in [-0.3, -0.25) is 9.59 Å². The van der Waals surface area contributed by atoms with E-state index in [1.54, 1.807) is 4.90 Å². The number of rotatable bonds is 7. The molecule has 0 bridgehead atoms. The Morgan fingerprint density at radius 3 is 2.59 bits per heavy atom. The molecule has 1 aliphatic rings. The Morgan fingerprint density at radius 2 is 1.85 bits per heavy atom. The number of anilines is 1. The first kappa shape index (κ1) is 18.9. The summed E-state index contributed by atoms with van der Waals surface area (Å²) < 4.78 is 5.96. The highest BCUT2D eigenvalue weighted by Crippen LogP contribution is 2.35. The van der Waals surface area contributed by atoms with Crippen LogP contribution in [0.3, 0.4) is 0 Å². The standard InChI is InChI=1S/C21H25N3O3/c1-23(2)13-12-22-21(26)16-14-20(25)24(15-16)18-10-6-7-11-19(18)27-17-8-4-3-5-9-17/h3-11,16H,12-15H2,1-2H3,(H,22,26). The van der Waals surface area contributed by atoms with Gasteiger partial charge in [0.15, 0.2) is 5.75 Å². The number of likely N-dealkylation sites (N-methyl/N-ethyl adjacent to an activating group) is 1. The van der Waals surface area contributed by atoms with Gasteiger partial charge in [0.05, 0.1) is 11.6 Å². The number of nitrogens with one attached hydrogen (secondary N) is 1. The number of hydrogen-bond donors (Lipinski definition) is 1. The van der Waals surface area contributed by atoms with Gasteiger partial charge in [0, 0.05) is 26.1 Å². The zero-order valence-electron chi connectivity index (χ0n) is 15.7. The molecular formula is C21H25N3O3. The fourth-order valence-corrected chi connectivity index (χ4v) is 3.05. The van der Waals surface area contributed by atoms with Crippen molar-refractivity contribution in [1.29, 1.82) is 0 Å². The number of benzene rings is 2. The number of carbonyl (C=O) groups excluding carboxylic acids is 2. The van der Waals surface area contributed by atoms with Gasteiger partial charge in [-0.05, 0) is 38.4 Å². The molecule has 0 saturated carbocycles. The maximum Gasteiger partial charge on any atom is 0.227 e. The fourth-order valence-electron chi connectivity index (χ4n) is 3.05. The van der Waals surface area contributed by atoms with Crippen LogP contribution >= 0.6 is 0 Å². The van der Waals surface area contributed by atoms with Gasteiger partial charge in [0.1, 0.15) is 5.75 Å². The molecule has 1 atom stereocenters. The molecule has 0 aliphatic carbocycles. The fraction of sp³-hybridized carbons (Fsp3) is 0.333. The first-order chi connectivity index (χ1) is 13.0. The molecule has 6 nitrogen and oxygen atoms in total. The summed E-state index contributed by atoms with van der Waals surface area (Å²) in [4.78, 5) is 28.6. The van der Waals surface area contributed by atoms with Gasteiger partial charge < -0.3 is 19.9 Å². The van der Waals surface area contributed by atoms with E-state index in [-0.39, 0.29) is 24.2 Å². The molecule has 0 spiro atoms. The number of nitrogens with zero attached hydrogens (tertiary/aromatic N) is 2. The van der Waals surface area contributed by atoms with Crippen molar-refractivity contribution in [1.82, 2.24) is 10.2 Å². The number of para-hydroxylation sites is 3. The Morgan fingerprint density at radius 1 is 1.15 bits per heavy atom. The SMILES string of the molecule is CN(C)CCNC(=O)C1CC(=O)N(c2ccccc2Oc2ccccc2)C1. The molecule has 0 radical (unpaired) electrons. The predicted octanol–water partition coefficient (Wildman–Crippen LogP) is 2.51. The monoisotopic (exact) mass is 367 g/mol. The van der Waals surface area contributed by atoms with Crippen LogP contribution in [0.4, 0.5) is 5.69 Å². The van der Waals surface area contributed by atoms with Crippen LogP contribution in [0.2, 0.25) is 0 Å². The highest BCUT2D eigenvalue weighted by molar-refractivity contribution is 6.01. The molecule has 1 saturated heterocycles. The van der Waals surface area contributed by atoms with Crippen molar-refractivity contribution in [3.05, 3.63) is 54.6 Å². The van der Waals surface area contributed by atoms with Crippen molar-refractivity contribution >= 4 is 17.5 Å². The van der Waals surface area contributed by atoms with Gasteiger partial charge in [-0.15, -0.1) is 0 Å². The minimum atomic E-state index is -0.343. The van der Waals surface area contributed by atoms with Crippen LogP contribution in [0.1, 0.15) is 6.42 Å². The molecule has 1 unspecified atom stereocenters. The topological polar surface area (TPSA) is 61.9 Å². The van der Waals surface area contributed by atoms with Crippen LogP contribution < -0.4 is 15.0 Å². The minimum absolute atomic E-state index is 0.0631. The van der Waals surface area contributed by atoms with Gasteiger partial charge in [0.25, 0.3) is 0 Å². The van der Waals surface area contributed by atoms with Crippen molar-refractivity contribution in [2.24, 2.45) is 5.92 Å².